The SMILES string of the molecule is COC(=O)Nc1ccc(CNc2ccnc3cc(Cl)ccc23)cc1. The number of halogens is 1. The van der Waals surface area contributed by atoms with Crippen molar-refractivity contribution < 1.29 is 9.53 Å². The summed E-state index contributed by atoms with van der Waals surface area (Å²) in [5, 5.41) is 7.71. The first-order chi connectivity index (χ1) is 11.7. The molecule has 0 unspecified atom stereocenters. The summed E-state index contributed by atoms with van der Waals surface area (Å²) >= 11 is 6.01. The second-order valence-electron chi connectivity index (χ2n) is 5.19. The number of hydrogen-bond acceptors (Lipinski definition) is 4. The van der Waals surface area contributed by atoms with E-state index >= 15 is 0 Å². The predicted octanol–water partition coefficient (Wildman–Crippen LogP) is 4.68. The van der Waals surface area contributed by atoms with Gasteiger partial charge in [0.1, 0.15) is 0 Å². The zero-order valence-electron chi connectivity index (χ0n) is 13.0. The number of hydrogen-bond donors (Lipinski definition) is 2. The van der Waals surface area contributed by atoms with Gasteiger partial charge in [-0.25, -0.2) is 4.79 Å². The maximum Gasteiger partial charge on any atom is 0.411 e. The second kappa shape index (κ2) is 7.19. The zero-order valence-corrected chi connectivity index (χ0v) is 13.8. The highest BCUT2D eigenvalue weighted by molar-refractivity contribution is 6.31. The number of ether oxygens (including phenoxy) is 1. The summed E-state index contributed by atoms with van der Waals surface area (Å²) in [6.07, 6.45) is 1.27. The molecule has 6 heteroatoms. The van der Waals surface area contributed by atoms with Gasteiger partial charge in [0.25, 0.3) is 0 Å². The summed E-state index contributed by atoms with van der Waals surface area (Å²) in [5.74, 6) is 0. The van der Waals surface area contributed by atoms with Crippen LogP contribution in [0.3, 0.4) is 0 Å². The topological polar surface area (TPSA) is 63.2 Å². The summed E-state index contributed by atoms with van der Waals surface area (Å²) in [4.78, 5) is 15.5. The van der Waals surface area contributed by atoms with Gasteiger partial charge in [-0.05, 0) is 42.0 Å². The fourth-order valence-electron chi connectivity index (χ4n) is 2.35. The van der Waals surface area contributed by atoms with Gasteiger partial charge in [-0.1, -0.05) is 23.7 Å². The Morgan fingerprint density at radius 2 is 1.96 bits per heavy atom. The highest BCUT2D eigenvalue weighted by Gasteiger charge is 2.04. The maximum absolute atomic E-state index is 11.2. The summed E-state index contributed by atoms with van der Waals surface area (Å²) < 4.78 is 4.56. The minimum Gasteiger partial charge on any atom is -0.453 e. The van der Waals surface area contributed by atoms with Crippen molar-refractivity contribution >= 4 is 40.0 Å². The molecule has 0 saturated heterocycles. The van der Waals surface area contributed by atoms with Gasteiger partial charge >= 0.3 is 6.09 Å². The van der Waals surface area contributed by atoms with Crippen LogP contribution in [0.4, 0.5) is 16.2 Å². The highest BCUT2D eigenvalue weighted by Crippen LogP contribution is 2.24. The van der Waals surface area contributed by atoms with Gasteiger partial charge in [0.2, 0.25) is 0 Å². The number of nitrogens with zero attached hydrogens (tertiary/aromatic N) is 1. The van der Waals surface area contributed by atoms with E-state index in [9.17, 15) is 4.79 Å². The molecule has 0 saturated carbocycles. The van der Waals surface area contributed by atoms with E-state index in [1.807, 2.05) is 48.5 Å². The molecule has 0 bridgehead atoms. The Balaban J connectivity index is 1.71. The zero-order chi connectivity index (χ0) is 16.9. The van der Waals surface area contributed by atoms with Crippen LogP contribution in [0.2, 0.25) is 5.02 Å². The van der Waals surface area contributed by atoms with Crippen molar-refractivity contribution in [3.63, 3.8) is 0 Å². The Morgan fingerprint density at radius 1 is 1.17 bits per heavy atom. The van der Waals surface area contributed by atoms with Gasteiger partial charge in [-0.3, -0.25) is 10.3 Å². The van der Waals surface area contributed by atoms with Crippen LogP contribution in [0, 0.1) is 0 Å². The summed E-state index contributed by atoms with van der Waals surface area (Å²) in [6, 6.07) is 15.1. The molecule has 0 aliphatic carbocycles. The number of benzene rings is 2. The molecule has 24 heavy (non-hydrogen) atoms. The highest BCUT2D eigenvalue weighted by atomic mass is 35.5. The Kier molecular flexibility index (Phi) is 4.82. The van der Waals surface area contributed by atoms with E-state index in [0.29, 0.717) is 17.3 Å². The van der Waals surface area contributed by atoms with Crippen molar-refractivity contribution in [2.24, 2.45) is 0 Å². The molecule has 3 rings (SSSR count). The normalized spacial score (nSPS) is 10.4. The van der Waals surface area contributed by atoms with E-state index in [0.717, 1.165) is 22.2 Å². The molecule has 2 aromatic carbocycles. The summed E-state index contributed by atoms with van der Waals surface area (Å²) in [6.45, 7) is 0.653. The van der Waals surface area contributed by atoms with E-state index in [4.69, 9.17) is 11.6 Å². The molecular formula is C18H16ClN3O2. The minimum atomic E-state index is -0.484. The van der Waals surface area contributed by atoms with Crippen LogP contribution in [0.5, 0.6) is 0 Å². The molecule has 0 atom stereocenters. The number of nitrogens with one attached hydrogen (secondary N) is 2. The first kappa shape index (κ1) is 16.1. The number of anilines is 2. The Bertz CT molecular complexity index is 866. The molecule has 2 N–H and O–H groups in total. The van der Waals surface area contributed by atoms with E-state index in [1.54, 1.807) is 6.20 Å². The van der Waals surface area contributed by atoms with Gasteiger partial charge in [0.15, 0.2) is 0 Å². The molecule has 122 valence electrons. The number of pyridine rings is 1. The number of carbonyl (C=O) groups is 1. The third kappa shape index (κ3) is 3.75. The molecule has 0 radical (unpaired) electrons. The van der Waals surface area contributed by atoms with Crippen LogP contribution < -0.4 is 10.6 Å². The average molecular weight is 342 g/mol. The molecule has 1 aromatic heterocycles. The van der Waals surface area contributed by atoms with Gasteiger partial charge in [-0.15, -0.1) is 0 Å². The Morgan fingerprint density at radius 3 is 2.71 bits per heavy atom. The van der Waals surface area contributed by atoms with Crippen LogP contribution in [0.1, 0.15) is 5.56 Å². The largest absolute Gasteiger partial charge is 0.453 e. The lowest BCUT2D eigenvalue weighted by Gasteiger charge is -2.10. The molecule has 0 fully saturated rings. The van der Waals surface area contributed by atoms with Crippen molar-refractivity contribution in [1.29, 1.82) is 0 Å². The predicted molar refractivity (Wildman–Crippen MR) is 96.5 cm³/mol. The molecule has 0 aliphatic rings. The van der Waals surface area contributed by atoms with Gasteiger partial charge in [0, 0.05) is 34.5 Å². The number of rotatable bonds is 4. The summed E-state index contributed by atoms with van der Waals surface area (Å²) in [7, 11) is 1.33. The van der Waals surface area contributed by atoms with Crippen LogP contribution in [0.25, 0.3) is 10.9 Å². The van der Waals surface area contributed by atoms with Crippen LogP contribution in [-0.2, 0) is 11.3 Å². The van der Waals surface area contributed by atoms with E-state index in [1.165, 1.54) is 7.11 Å². The average Bonchev–Trinajstić information content (AvgIpc) is 2.60. The van der Waals surface area contributed by atoms with Crippen LogP contribution >= 0.6 is 11.6 Å². The Hall–Kier alpha value is -2.79. The van der Waals surface area contributed by atoms with Crippen LogP contribution in [0.15, 0.2) is 54.7 Å². The third-order valence-corrected chi connectivity index (χ3v) is 3.81. The van der Waals surface area contributed by atoms with Crippen molar-refractivity contribution in [2.75, 3.05) is 17.7 Å². The minimum absolute atomic E-state index is 0.484. The third-order valence-electron chi connectivity index (χ3n) is 3.57. The van der Waals surface area contributed by atoms with E-state index in [2.05, 4.69) is 20.4 Å². The Labute approximate surface area is 144 Å². The van der Waals surface area contributed by atoms with E-state index in [-0.39, 0.29) is 0 Å². The summed E-state index contributed by atoms with van der Waals surface area (Å²) in [5.41, 5.74) is 3.62. The molecule has 5 nitrogen and oxygen atoms in total. The quantitative estimate of drug-likeness (QED) is 0.723. The van der Waals surface area contributed by atoms with Gasteiger partial charge in [-0.2, -0.15) is 0 Å². The lowest BCUT2D eigenvalue weighted by atomic mass is 10.1. The van der Waals surface area contributed by atoms with Crippen LogP contribution in [-0.4, -0.2) is 18.2 Å². The number of methoxy groups -OCH3 is 1. The first-order valence-corrected chi connectivity index (χ1v) is 7.75. The maximum atomic E-state index is 11.2. The smallest absolute Gasteiger partial charge is 0.411 e. The first-order valence-electron chi connectivity index (χ1n) is 7.38. The van der Waals surface area contributed by atoms with Crippen molar-refractivity contribution in [3.05, 3.63) is 65.3 Å². The van der Waals surface area contributed by atoms with Crippen molar-refractivity contribution in [2.45, 2.75) is 6.54 Å². The van der Waals surface area contributed by atoms with Gasteiger partial charge < -0.3 is 10.1 Å². The fourth-order valence-corrected chi connectivity index (χ4v) is 2.51. The number of fused-ring (bicyclic) bond motifs is 1. The fraction of sp³-hybridized carbons (Fsp3) is 0.111. The monoisotopic (exact) mass is 341 g/mol. The molecule has 1 amide bonds. The second-order valence-corrected chi connectivity index (χ2v) is 5.62. The van der Waals surface area contributed by atoms with E-state index < -0.39 is 6.09 Å². The van der Waals surface area contributed by atoms with Gasteiger partial charge in [0.05, 0.1) is 12.6 Å². The van der Waals surface area contributed by atoms with Crippen molar-refractivity contribution in [3.8, 4) is 0 Å². The molecule has 1 heterocycles. The number of amides is 1. The molecular weight excluding hydrogens is 326 g/mol. The molecule has 0 aliphatic heterocycles. The number of aromatic nitrogens is 1. The standard InChI is InChI=1S/C18H16ClN3O2/c1-24-18(23)22-14-5-2-12(3-6-14)11-21-16-8-9-20-17-10-13(19)4-7-15(16)17/h2-10H,11H2,1H3,(H,20,21)(H,22,23). The lowest BCUT2D eigenvalue weighted by Crippen LogP contribution is -2.10. The molecule has 0 spiro atoms. The lowest BCUT2D eigenvalue weighted by molar-refractivity contribution is 0.187. The van der Waals surface area contributed by atoms with Crippen molar-refractivity contribution in [1.82, 2.24) is 4.98 Å². The number of carbonyl (C=O) groups excluding carboxylic acids is 1. The molecule has 3 aromatic rings.